The molecule has 7 nitrogen and oxygen atoms in total. The van der Waals surface area contributed by atoms with Crippen molar-refractivity contribution in [1.82, 2.24) is 19.8 Å². The van der Waals surface area contributed by atoms with Crippen molar-refractivity contribution >= 4 is 39.9 Å². The van der Waals surface area contributed by atoms with Crippen LogP contribution in [0.3, 0.4) is 0 Å². The monoisotopic (exact) mass is 496 g/mol. The third-order valence-electron chi connectivity index (χ3n) is 5.99. The van der Waals surface area contributed by atoms with Crippen LogP contribution >= 0.6 is 22.9 Å². The molecule has 0 unspecified atom stereocenters. The standard InChI is InChI=1S/C25H25ClN4O3S/c1-16(18-4-2-3-5-19(18)26)33-22-13-23(34-24(22)25(31)32)30-15-28-20-7-6-17(12-21(20)30)14-29-10-8-27-9-11-29/h2-7,12-13,15-16,27H,8-11,14H2,1H3,(H,31,32)/t16-/m1/s1. The topological polar surface area (TPSA) is 79.6 Å². The molecule has 0 amide bonds. The number of aromatic nitrogens is 2. The van der Waals surface area contributed by atoms with Crippen molar-refractivity contribution in [3.05, 3.63) is 75.9 Å². The highest BCUT2D eigenvalue weighted by Gasteiger charge is 2.22. The summed E-state index contributed by atoms with van der Waals surface area (Å²) in [5, 5.41) is 14.5. The predicted octanol–water partition coefficient (Wildman–Crippen LogP) is 4.98. The van der Waals surface area contributed by atoms with E-state index in [0.29, 0.717) is 10.8 Å². The first-order valence-corrected chi connectivity index (χ1v) is 12.4. The second-order valence-corrected chi connectivity index (χ2v) is 9.77. The Bertz CT molecular complexity index is 1330. The quantitative estimate of drug-likeness (QED) is 0.375. The summed E-state index contributed by atoms with van der Waals surface area (Å²) in [6.45, 7) is 6.78. The third kappa shape index (κ3) is 4.67. The summed E-state index contributed by atoms with van der Waals surface area (Å²) in [6, 6.07) is 15.4. The number of halogens is 1. The summed E-state index contributed by atoms with van der Waals surface area (Å²) < 4.78 is 8.02. The number of fused-ring (bicyclic) bond motifs is 1. The number of thiophene rings is 1. The minimum Gasteiger partial charge on any atom is -0.484 e. The number of carboxylic acid groups (broad SMARTS) is 1. The molecule has 4 aromatic rings. The van der Waals surface area contributed by atoms with E-state index < -0.39 is 12.1 Å². The summed E-state index contributed by atoms with van der Waals surface area (Å²) in [7, 11) is 0. The van der Waals surface area contributed by atoms with Gasteiger partial charge in [0.05, 0.1) is 11.0 Å². The van der Waals surface area contributed by atoms with Crippen LogP contribution < -0.4 is 10.1 Å². The first-order valence-electron chi connectivity index (χ1n) is 11.2. The fourth-order valence-corrected chi connectivity index (χ4v) is 5.43. The van der Waals surface area contributed by atoms with Gasteiger partial charge in [-0.1, -0.05) is 35.9 Å². The van der Waals surface area contributed by atoms with Crippen LogP contribution in [-0.2, 0) is 6.54 Å². The molecule has 2 aromatic heterocycles. The van der Waals surface area contributed by atoms with Crippen molar-refractivity contribution in [2.75, 3.05) is 26.2 Å². The molecule has 1 aliphatic rings. The van der Waals surface area contributed by atoms with Crippen molar-refractivity contribution in [2.45, 2.75) is 19.6 Å². The van der Waals surface area contributed by atoms with Crippen molar-refractivity contribution in [3.8, 4) is 10.8 Å². The number of nitrogens with zero attached hydrogens (tertiary/aromatic N) is 3. The molecule has 0 radical (unpaired) electrons. The number of hydrogen-bond acceptors (Lipinski definition) is 6. The van der Waals surface area contributed by atoms with Crippen molar-refractivity contribution in [1.29, 1.82) is 0 Å². The number of ether oxygens (including phenoxy) is 1. The summed E-state index contributed by atoms with van der Waals surface area (Å²) in [4.78, 5) is 19.1. The van der Waals surface area contributed by atoms with Crippen LogP contribution in [0.1, 0.15) is 33.8 Å². The fraction of sp³-hybridized carbons (Fsp3) is 0.280. The Labute approximate surface area is 206 Å². The number of piperazine rings is 1. The first-order chi connectivity index (χ1) is 16.5. The largest absolute Gasteiger partial charge is 0.484 e. The molecule has 176 valence electrons. The maximum Gasteiger partial charge on any atom is 0.349 e. The maximum absolute atomic E-state index is 12.0. The number of carbonyl (C=O) groups is 1. The molecule has 2 N–H and O–H groups in total. The summed E-state index contributed by atoms with van der Waals surface area (Å²) in [5.41, 5.74) is 3.81. The van der Waals surface area contributed by atoms with Gasteiger partial charge < -0.3 is 15.2 Å². The number of rotatable bonds is 7. The van der Waals surface area contributed by atoms with Crippen molar-refractivity contribution in [3.63, 3.8) is 0 Å². The van der Waals surface area contributed by atoms with E-state index in [1.54, 1.807) is 18.5 Å². The lowest BCUT2D eigenvalue weighted by Crippen LogP contribution is -2.42. The predicted molar refractivity (Wildman–Crippen MR) is 135 cm³/mol. The van der Waals surface area contributed by atoms with E-state index in [1.165, 1.54) is 16.9 Å². The molecule has 0 bridgehead atoms. The second-order valence-electron chi connectivity index (χ2n) is 8.33. The van der Waals surface area contributed by atoms with Crippen LogP contribution in [0.4, 0.5) is 0 Å². The summed E-state index contributed by atoms with van der Waals surface area (Å²) in [6.07, 6.45) is 1.33. The number of carboxylic acids is 1. The van der Waals surface area contributed by atoms with Gasteiger partial charge in [0.15, 0.2) is 4.88 Å². The minimum atomic E-state index is -1.03. The highest BCUT2D eigenvalue weighted by atomic mass is 35.5. The zero-order valence-corrected chi connectivity index (χ0v) is 20.3. The molecular weight excluding hydrogens is 472 g/mol. The van der Waals surface area contributed by atoms with Crippen LogP contribution in [0, 0.1) is 0 Å². The van der Waals surface area contributed by atoms with Gasteiger partial charge in [-0.05, 0) is 30.7 Å². The zero-order valence-electron chi connectivity index (χ0n) is 18.7. The Hall–Kier alpha value is -2.91. The normalized spacial score (nSPS) is 15.5. The molecule has 5 rings (SSSR count). The van der Waals surface area contributed by atoms with Crippen molar-refractivity contribution in [2.24, 2.45) is 0 Å². The smallest absolute Gasteiger partial charge is 0.349 e. The number of imidazole rings is 1. The molecule has 0 saturated carbocycles. The lowest BCUT2D eigenvalue weighted by atomic mass is 10.1. The molecule has 1 aliphatic heterocycles. The SMILES string of the molecule is C[C@@H](Oc1cc(-n2cnc3ccc(CN4CCNCC4)cc32)sc1C(=O)O)c1ccccc1Cl. The molecule has 2 aromatic carbocycles. The van der Waals surface area contributed by atoms with E-state index in [-0.39, 0.29) is 4.88 Å². The second kappa shape index (κ2) is 9.76. The molecule has 0 aliphatic carbocycles. The molecule has 3 heterocycles. The average Bonchev–Trinajstić information content (AvgIpc) is 3.44. The highest BCUT2D eigenvalue weighted by Crippen LogP contribution is 2.37. The summed E-state index contributed by atoms with van der Waals surface area (Å²) >= 11 is 7.48. The zero-order chi connectivity index (χ0) is 23.7. The highest BCUT2D eigenvalue weighted by molar-refractivity contribution is 7.16. The Morgan fingerprint density at radius 1 is 1.24 bits per heavy atom. The number of nitrogens with one attached hydrogen (secondary N) is 1. The Balaban J connectivity index is 1.46. The molecular formula is C25H25ClN4O3S. The minimum absolute atomic E-state index is 0.146. The maximum atomic E-state index is 12.0. The molecule has 1 fully saturated rings. The molecule has 9 heteroatoms. The molecule has 1 atom stereocenters. The van der Waals surface area contributed by atoms with Gasteiger partial charge in [0.25, 0.3) is 0 Å². The van der Waals surface area contributed by atoms with E-state index in [9.17, 15) is 9.90 Å². The number of hydrogen-bond donors (Lipinski definition) is 2. The van der Waals surface area contributed by atoms with E-state index >= 15 is 0 Å². The molecule has 34 heavy (non-hydrogen) atoms. The van der Waals surface area contributed by atoms with E-state index in [0.717, 1.165) is 54.3 Å². The Morgan fingerprint density at radius 2 is 2.03 bits per heavy atom. The van der Waals surface area contributed by atoms with E-state index in [2.05, 4.69) is 27.3 Å². The lowest BCUT2D eigenvalue weighted by Gasteiger charge is -2.27. The molecule has 1 saturated heterocycles. The van der Waals surface area contributed by atoms with Gasteiger partial charge in [-0.2, -0.15) is 0 Å². The van der Waals surface area contributed by atoms with Gasteiger partial charge in [-0.25, -0.2) is 9.78 Å². The van der Waals surface area contributed by atoms with Gasteiger partial charge in [0, 0.05) is 49.4 Å². The van der Waals surface area contributed by atoms with E-state index in [1.807, 2.05) is 35.8 Å². The van der Waals surface area contributed by atoms with Crippen LogP contribution in [-0.4, -0.2) is 51.7 Å². The van der Waals surface area contributed by atoms with Crippen molar-refractivity contribution < 1.29 is 14.6 Å². The van der Waals surface area contributed by atoms with Gasteiger partial charge in [-0.15, -0.1) is 11.3 Å². The van der Waals surface area contributed by atoms with Crippen LogP contribution in [0.25, 0.3) is 16.0 Å². The van der Waals surface area contributed by atoms with Gasteiger partial charge in [-0.3, -0.25) is 9.47 Å². The van der Waals surface area contributed by atoms with Crippen LogP contribution in [0.5, 0.6) is 5.75 Å². The van der Waals surface area contributed by atoms with Crippen LogP contribution in [0.2, 0.25) is 5.02 Å². The van der Waals surface area contributed by atoms with Gasteiger partial charge >= 0.3 is 5.97 Å². The van der Waals surface area contributed by atoms with E-state index in [4.69, 9.17) is 16.3 Å². The average molecular weight is 497 g/mol. The Kier molecular flexibility index (Phi) is 6.56. The summed E-state index contributed by atoms with van der Waals surface area (Å²) in [5.74, 6) is -0.708. The lowest BCUT2D eigenvalue weighted by molar-refractivity contribution is 0.0696. The first kappa shape index (κ1) is 22.9. The fourth-order valence-electron chi connectivity index (χ4n) is 4.23. The van der Waals surface area contributed by atoms with Crippen LogP contribution in [0.15, 0.2) is 54.9 Å². The molecule has 0 spiro atoms. The van der Waals surface area contributed by atoms with Gasteiger partial charge in [0.2, 0.25) is 0 Å². The Morgan fingerprint density at radius 3 is 2.79 bits per heavy atom. The third-order valence-corrected chi connectivity index (χ3v) is 7.44. The number of aromatic carboxylic acids is 1. The van der Waals surface area contributed by atoms with Gasteiger partial charge in [0.1, 0.15) is 23.2 Å². The number of benzene rings is 2.